The number of benzene rings is 1. The van der Waals surface area contributed by atoms with Gasteiger partial charge in [-0.1, -0.05) is 43.7 Å². The van der Waals surface area contributed by atoms with Crippen LogP contribution in [0.2, 0.25) is 0 Å². The summed E-state index contributed by atoms with van der Waals surface area (Å²) in [7, 11) is 1.63. The predicted molar refractivity (Wildman–Crippen MR) is 78.3 cm³/mol. The van der Waals surface area contributed by atoms with Crippen molar-refractivity contribution in [1.82, 2.24) is 5.32 Å². The Labute approximate surface area is 116 Å². The first-order chi connectivity index (χ1) is 8.95. The first-order valence-corrected chi connectivity index (χ1v) is 6.78. The third-order valence-corrected chi connectivity index (χ3v) is 3.44. The highest BCUT2D eigenvalue weighted by atomic mass is 16.5. The van der Waals surface area contributed by atoms with Gasteiger partial charge in [0.15, 0.2) is 0 Å². The number of aryl methyl sites for hydroxylation is 1. The van der Waals surface area contributed by atoms with Crippen LogP contribution in [-0.4, -0.2) is 26.2 Å². The molecule has 0 aliphatic carbocycles. The van der Waals surface area contributed by atoms with E-state index in [0.717, 1.165) is 6.42 Å². The zero-order chi connectivity index (χ0) is 14.3. The summed E-state index contributed by atoms with van der Waals surface area (Å²) in [4.78, 5) is 11.7. The van der Waals surface area contributed by atoms with E-state index in [2.05, 4.69) is 50.4 Å². The van der Waals surface area contributed by atoms with E-state index >= 15 is 0 Å². The first-order valence-electron chi connectivity index (χ1n) is 6.78. The van der Waals surface area contributed by atoms with E-state index in [0.29, 0.717) is 19.6 Å². The number of rotatable bonds is 7. The van der Waals surface area contributed by atoms with Crippen molar-refractivity contribution in [2.75, 3.05) is 20.3 Å². The number of methoxy groups -OCH3 is 1. The van der Waals surface area contributed by atoms with Crippen LogP contribution in [0.25, 0.3) is 0 Å². The molecule has 0 unspecified atom stereocenters. The van der Waals surface area contributed by atoms with Crippen LogP contribution in [0.4, 0.5) is 0 Å². The van der Waals surface area contributed by atoms with Gasteiger partial charge in [0.2, 0.25) is 5.91 Å². The maximum atomic E-state index is 11.7. The lowest BCUT2D eigenvalue weighted by Gasteiger charge is -2.25. The molecular formula is C16H25NO2. The summed E-state index contributed by atoms with van der Waals surface area (Å²) in [6, 6.07) is 8.54. The highest BCUT2D eigenvalue weighted by Crippen LogP contribution is 2.28. The molecule has 19 heavy (non-hydrogen) atoms. The fraction of sp³-hybridized carbons (Fsp3) is 0.562. The summed E-state index contributed by atoms with van der Waals surface area (Å²) in [6.07, 6.45) is 1.39. The van der Waals surface area contributed by atoms with Gasteiger partial charge in [0, 0.05) is 20.1 Å². The number of hydrogen-bond acceptors (Lipinski definition) is 2. The van der Waals surface area contributed by atoms with Crippen molar-refractivity contribution in [3.8, 4) is 0 Å². The zero-order valence-electron chi connectivity index (χ0n) is 12.5. The quantitative estimate of drug-likeness (QED) is 0.768. The Bertz CT molecular complexity index is 396. The second-order valence-electron chi connectivity index (χ2n) is 5.59. The molecule has 1 amide bonds. The molecule has 0 heterocycles. The number of amides is 1. The Hall–Kier alpha value is -1.35. The summed E-state index contributed by atoms with van der Waals surface area (Å²) in [6.45, 7) is 7.59. The highest BCUT2D eigenvalue weighted by molar-refractivity contribution is 5.75. The summed E-state index contributed by atoms with van der Waals surface area (Å²) >= 11 is 0. The van der Waals surface area contributed by atoms with Crippen LogP contribution < -0.4 is 5.32 Å². The third-order valence-electron chi connectivity index (χ3n) is 3.44. The summed E-state index contributed by atoms with van der Waals surface area (Å²) in [5.41, 5.74) is 2.56. The molecule has 0 aliphatic heterocycles. The lowest BCUT2D eigenvalue weighted by molar-refractivity contribution is -0.121. The topological polar surface area (TPSA) is 38.3 Å². The van der Waals surface area contributed by atoms with Crippen molar-refractivity contribution in [2.24, 2.45) is 0 Å². The van der Waals surface area contributed by atoms with E-state index in [9.17, 15) is 4.79 Å². The average molecular weight is 263 g/mol. The van der Waals surface area contributed by atoms with E-state index < -0.39 is 0 Å². The Morgan fingerprint density at radius 2 is 1.89 bits per heavy atom. The maximum absolute atomic E-state index is 11.7. The van der Waals surface area contributed by atoms with Crippen LogP contribution in [0.1, 0.15) is 37.8 Å². The van der Waals surface area contributed by atoms with Crippen molar-refractivity contribution < 1.29 is 9.53 Å². The SMILES string of the molecule is COCCNC(=O)CCC(C)(C)c1ccc(C)cc1. The van der Waals surface area contributed by atoms with E-state index in [1.807, 2.05) is 0 Å². The average Bonchev–Trinajstić information content (AvgIpc) is 2.37. The van der Waals surface area contributed by atoms with Gasteiger partial charge in [-0.3, -0.25) is 4.79 Å². The van der Waals surface area contributed by atoms with Gasteiger partial charge in [0.05, 0.1) is 6.61 Å². The van der Waals surface area contributed by atoms with Crippen molar-refractivity contribution in [1.29, 1.82) is 0 Å². The summed E-state index contributed by atoms with van der Waals surface area (Å²) in [5.74, 6) is 0.0947. The van der Waals surface area contributed by atoms with Crippen LogP contribution in [0.15, 0.2) is 24.3 Å². The Kier molecular flexibility index (Phi) is 6.03. The fourth-order valence-corrected chi connectivity index (χ4v) is 1.96. The van der Waals surface area contributed by atoms with E-state index in [1.54, 1.807) is 7.11 Å². The van der Waals surface area contributed by atoms with Crippen molar-refractivity contribution in [3.05, 3.63) is 35.4 Å². The molecule has 0 fully saturated rings. The summed E-state index contributed by atoms with van der Waals surface area (Å²) in [5, 5.41) is 2.85. The van der Waals surface area contributed by atoms with Gasteiger partial charge in [-0.15, -0.1) is 0 Å². The van der Waals surface area contributed by atoms with Crippen LogP contribution >= 0.6 is 0 Å². The van der Waals surface area contributed by atoms with E-state index in [-0.39, 0.29) is 11.3 Å². The van der Waals surface area contributed by atoms with E-state index in [1.165, 1.54) is 11.1 Å². The van der Waals surface area contributed by atoms with Crippen molar-refractivity contribution in [3.63, 3.8) is 0 Å². The second-order valence-corrected chi connectivity index (χ2v) is 5.59. The number of carbonyl (C=O) groups is 1. The normalized spacial score (nSPS) is 11.4. The van der Waals surface area contributed by atoms with Gasteiger partial charge < -0.3 is 10.1 Å². The van der Waals surface area contributed by atoms with Crippen molar-refractivity contribution in [2.45, 2.75) is 39.0 Å². The van der Waals surface area contributed by atoms with Gasteiger partial charge >= 0.3 is 0 Å². The molecule has 1 rings (SSSR count). The molecule has 0 radical (unpaired) electrons. The molecule has 1 aromatic rings. The van der Waals surface area contributed by atoms with Crippen LogP contribution in [0, 0.1) is 6.92 Å². The van der Waals surface area contributed by atoms with Gasteiger partial charge in [-0.05, 0) is 24.3 Å². The molecule has 0 spiro atoms. The Balaban J connectivity index is 2.46. The molecule has 3 heteroatoms. The third kappa shape index (κ3) is 5.43. The number of hydrogen-bond donors (Lipinski definition) is 1. The molecule has 1 aromatic carbocycles. The minimum atomic E-state index is 0.0201. The van der Waals surface area contributed by atoms with Crippen LogP contribution in [0.3, 0.4) is 0 Å². The highest BCUT2D eigenvalue weighted by Gasteiger charge is 2.21. The molecule has 0 saturated heterocycles. The minimum absolute atomic E-state index is 0.0201. The molecule has 0 aliphatic rings. The first kappa shape index (κ1) is 15.7. The Morgan fingerprint density at radius 3 is 2.47 bits per heavy atom. The standard InChI is InChI=1S/C16H25NO2/c1-13-5-7-14(8-6-13)16(2,3)10-9-15(18)17-11-12-19-4/h5-8H,9-12H2,1-4H3,(H,17,18). The van der Waals surface area contributed by atoms with Gasteiger partial charge in [-0.2, -0.15) is 0 Å². The second kappa shape index (κ2) is 7.29. The van der Waals surface area contributed by atoms with Gasteiger partial charge in [-0.25, -0.2) is 0 Å². The molecule has 0 aromatic heterocycles. The molecule has 3 nitrogen and oxygen atoms in total. The molecule has 106 valence electrons. The van der Waals surface area contributed by atoms with E-state index in [4.69, 9.17) is 4.74 Å². The molecular weight excluding hydrogens is 238 g/mol. The van der Waals surface area contributed by atoms with Crippen LogP contribution in [0.5, 0.6) is 0 Å². The van der Waals surface area contributed by atoms with Crippen molar-refractivity contribution >= 4 is 5.91 Å². The molecule has 1 N–H and O–H groups in total. The minimum Gasteiger partial charge on any atom is -0.383 e. The lowest BCUT2D eigenvalue weighted by Crippen LogP contribution is -2.29. The zero-order valence-corrected chi connectivity index (χ0v) is 12.5. The molecule has 0 saturated carbocycles. The number of ether oxygens (including phenoxy) is 1. The molecule has 0 atom stereocenters. The Morgan fingerprint density at radius 1 is 1.26 bits per heavy atom. The lowest BCUT2D eigenvalue weighted by atomic mass is 9.80. The number of nitrogens with one attached hydrogen (secondary N) is 1. The molecule has 0 bridgehead atoms. The van der Waals surface area contributed by atoms with Gasteiger partial charge in [0.1, 0.15) is 0 Å². The largest absolute Gasteiger partial charge is 0.383 e. The summed E-state index contributed by atoms with van der Waals surface area (Å²) < 4.78 is 4.90. The van der Waals surface area contributed by atoms with Gasteiger partial charge in [0.25, 0.3) is 0 Å². The monoisotopic (exact) mass is 263 g/mol. The predicted octanol–water partition coefficient (Wildman–Crippen LogP) is 2.82. The smallest absolute Gasteiger partial charge is 0.220 e. The maximum Gasteiger partial charge on any atom is 0.220 e. The fourth-order valence-electron chi connectivity index (χ4n) is 1.96. The van der Waals surface area contributed by atoms with Crippen LogP contribution in [-0.2, 0) is 14.9 Å². The number of carbonyl (C=O) groups excluding carboxylic acids is 1.